The monoisotopic (exact) mass is 302 g/mol. The molecule has 0 bridgehead atoms. The molecule has 0 aliphatic carbocycles. The van der Waals surface area contributed by atoms with Gasteiger partial charge in [0, 0.05) is 5.69 Å². The Balaban J connectivity index is 2.20. The molecule has 0 aliphatic heterocycles. The van der Waals surface area contributed by atoms with Crippen LogP contribution in [0.4, 0.5) is 15.8 Å². The van der Waals surface area contributed by atoms with Crippen LogP contribution in [-0.4, -0.2) is 12.5 Å². The Kier molecular flexibility index (Phi) is 4.99. The molecule has 0 atom stereocenters. The van der Waals surface area contributed by atoms with Gasteiger partial charge >= 0.3 is 0 Å². The van der Waals surface area contributed by atoms with Crippen LogP contribution in [0.5, 0.6) is 5.75 Å². The van der Waals surface area contributed by atoms with E-state index < -0.39 is 11.7 Å². The summed E-state index contributed by atoms with van der Waals surface area (Å²) in [5.74, 6) is -0.174. The number of amides is 1. The lowest BCUT2D eigenvalue weighted by molar-refractivity contribution is 0.102. The van der Waals surface area contributed by atoms with E-state index in [4.69, 9.17) is 10.5 Å². The number of rotatable bonds is 5. The van der Waals surface area contributed by atoms with E-state index in [0.29, 0.717) is 29.5 Å². The topological polar surface area (TPSA) is 64.3 Å². The minimum Gasteiger partial charge on any atom is -0.492 e. The van der Waals surface area contributed by atoms with Crippen molar-refractivity contribution in [3.8, 4) is 5.75 Å². The maximum absolute atomic E-state index is 13.7. The lowest BCUT2D eigenvalue weighted by Crippen LogP contribution is -2.15. The maximum atomic E-state index is 13.7. The number of carbonyl (C=O) groups is 1. The Labute approximate surface area is 129 Å². The number of halogens is 1. The largest absolute Gasteiger partial charge is 0.492 e. The van der Waals surface area contributed by atoms with Crippen LogP contribution in [0.2, 0.25) is 0 Å². The van der Waals surface area contributed by atoms with Gasteiger partial charge in [0.1, 0.15) is 11.6 Å². The molecule has 0 spiro atoms. The first kappa shape index (κ1) is 15.8. The van der Waals surface area contributed by atoms with Crippen LogP contribution in [0.25, 0.3) is 0 Å². The van der Waals surface area contributed by atoms with Gasteiger partial charge in [0.25, 0.3) is 5.91 Å². The van der Waals surface area contributed by atoms with Crippen molar-refractivity contribution in [1.82, 2.24) is 0 Å². The lowest BCUT2D eigenvalue weighted by atomic mass is 10.1. The van der Waals surface area contributed by atoms with Crippen LogP contribution in [0.15, 0.2) is 42.5 Å². The molecule has 0 fully saturated rings. The van der Waals surface area contributed by atoms with Gasteiger partial charge in [-0.1, -0.05) is 26.0 Å². The highest BCUT2D eigenvalue weighted by molar-refractivity contribution is 6.06. The summed E-state index contributed by atoms with van der Waals surface area (Å²) in [5.41, 5.74) is 6.38. The molecule has 116 valence electrons. The average Bonchev–Trinajstić information content (AvgIpc) is 2.49. The van der Waals surface area contributed by atoms with Crippen LogP contribution >= 0.6 is 0 Å². The Morgan fingerprint density at radius 2 is 2.00 bits per heavy atom. The van der Waals surface area contributed by atoms with Gasteiger partial charge in [0.2, 0.25) is 0 Å². The van der Waals surface area contributed by atoms with Crippen molar-refractivity contribution >= 4 is 17.3 Å². The van der Waals surface area contributed by atoms with Crippen molar-refractivity contribution in [2.24, 2.45) is 5.92 Å². The van der Waals surface area contributed by atoms with E-state index in [-0.39, 0.29) is 5.69 Å². The fourth-order valence-electron chi connectivity index (χ4n) is 1.86. The Hall–Kier alpha value is -2.56. The number of nitrogen functional groups attached to an aromatic ring is 1. The van der Waals surface area contributed by atoms with Gasteiger partial charge in [-0.2, -0.15) is 0 Å². The third-order valence-electron chi connectivity index (χ3n) is 2.94. The number of anilines is 2. The summed E-state index contributed by atoms with van der Waals surface area (Å²) in [4.78, 5) is 12.3. The molecule has 0 aromatic heterocycles. The molecule has 0 heterocycles. The van der Waals surface area contributed by atoms with Crippen molar-refractivity contribution in [2.75, 3.05) is 17.7 Å². The summed E-state index contributed by atoms with van der Waals surface area (Å²) in [6.45, 7) is 4.53. The second-order valence-corrected chi connectivity index (χ2v) is 5.39. The molecular weight excluding hydrogens is 283 g/mol. The van der Waals surface area contributed by atoms with Gasteiger partial charge in [0.15, 0.2) is 0 Å². The minimum atomic E-state index is -0.539. The predicted molar refractivity (Wildman–Crippen MR) is 85.5 cm³/mol. The molecule has 0 aliphatic rings. The Morgan fingerprint density at radius 3 is 2.73 bits per heavy atom. The number of ether oxygens (including phenoxy) is 1. The van der Waals surface area contributed by atoms with E-state index in [2.05, 4.69) is 5.32 Å². The predicted octanol–water partition coefficient (Wildman–Crippen LogP) is 3.70. The maximum Gasteiger partial charge on any atom is 0.259 e. The summed E-state index contributed by atoms with van der Waals surface area (Å²) in [7, 11) is 0. The number of carbonyl (C=O) groups excluding carboxylic acids is 1. The number of benzene rings is 2. The fraction of sp³-hybridized carbons (Fsp3) is 0.235. The van der Waals surface area contributed by atoms with Crippen molar-refractivity contribution in [1.29, 1.82) is 0 Å². The normalized spacial score (nSPS) is 10.5. The van der Waals surface area contributed by atoms with Crippen molar-refractivity contribution in [2.45, 2.75) is 13.8 Å². The van der Waals surface area contributed by atoms with E-state index in [0.717, 1.165) is 0 Å². The van der Waals surface area contributed by atoms with Gasteiger partial charge in [0.05, 0.1) is 17.9 Å². The fourth-order valence-corrected chi connectivity index (χ4v) is 1.86. The molecule has 0 saturated carbocycles. The third kappa shape index (κ3) is 3.97. The smallest absolute Gasteiger partial charge is 0.259 e. The summed E-state index contributed by atoms with van der Waals surface area (Å²) in [6.07, 6.45) is 0. The van der Waals surface area contributed by atoms with Gasteiger partial charge < -0.3 is 15.8 Å². The van der Waals surface area contributed by atoms with E-state index in [9.17, 15) is 9.18 Å². The molecule has 3 N–H and O–H groups in total. The molecule has 2 aromatic carbocycles. The minimum absolute atomic E-state index is 0.0451. The first-order valence-corrected chi connectivity index (χ1v) is 7.05. The number of nitrogens with two attached hydrogens (primary N) is 1. The van der Waals surface area contributed by atoms with Gasteiger partial charge in [-0.15, -0.1) is 0 Å². The lowest BCUT2D eigenvalue weighted by Gasteiger charge is -2.13. The summed E-state index contributed by atoms with van der Waals surface area (Å²) in [5, 5.41) is 2.52. The standard InChI is InChI=1S/C17H19FN2O2/c1-11(2)10-22-16-6-4-3-5-13(16)17(21)20-15-9-12(19)7-8-14(15)18/h3-9,11H,10,19H2,1-2H3,(H,20,21). The van der Waals surface area contributed by atoms with E-state index in [1.807, 2.05) is 13.8 Å². The SMILES string of the molecule is CC(C)COc1ccccc1C(=O)Nc1cc(N)ccc1F. The van der Waals surface area contributed by atoms with E-state index in [1.165, 1.54) is 18.2 Å². The molecule has 1 amide bonds. The van der Waals surface area contributed by atoms with Crippen LogP contribution in [0.3, 0.4) is 0 Å². The third-order valence-corrected chi connectivity index (χ3v) is 2.94. The highest BCUT2D eigenvalue weighted by atomic mass is 19.1. The first-order valence-electron chi connectivity index (χ1n) is 7.05. The molecule has 0 radical (unpaired) electrons. The van der Waals surface area contributed by atoms with Gasteiger partial charge in [-0.25, -0.2) is 4.39 Å². The average molecular weight is 302 g/mol. The molecule has 5 heteroatoms. The summed E-state index contributed by atoms with van der Waals surface area (Å²) in [6, 6.07) is 10.9. The van der Waals surface area contributed by atoms with Crippen molar-refractivity contribution in [3.63, 3.8) is 0 Å². The zero-order valence-electron chi connectivity index (χ0n) is 12.6. The molecular formula is C17H19FN2O2. The Bertz CT molecular complexity index is 671. The van der Waals surface area contributed by atoms with Crippen LogP contribution in [-0.2, 0) is 0 Å². The molecule has 0 saturated heterocycles. The molecule has 0 unspecified atom stereocenters. The zero-order chi connectivity index (χ0) is 16.1. The molecule has 4 nitrogen and oxygen atoms in total. The second-order valence-electron chi connectivity index (χ2n) is 5.39. The van der Waals surface area contributed by atoms with Gasteiger partial charge in [-0.3, -0.25) is 4.79 Å². The molecule has 22 heavy (non-hydrogen) atoms. The van der Waals surface area contributed by atoms with Crippen LogP contribution in [0, 0.1) is 11.7 Å². The quantitative estimate of drug-likeness (QED) is 0.828. The number of hydrogen-bond acceptors (Lipinski definition) is 3. The highest BCUT2D eigenvalue weighted by Gasteiger charge is 2.14. The van der Waals surface area contributed by atoms with Crippen LogP contribution in [0.1, 0.15) is 24.2 Å². The first-order chi connectivity index (χ1) is 10.5. The molecule has 2 aromatic rings. The van der Waals surface area contributed by atoms with E-state index in [1.54, 1.807) is 24.3 Å². The van der Waals surface area contributed by atoms with Gasteiger partial charge in [-0.05, 0) is 36.2 Å². The number of nitrogens with one attached hydrogen (secondary N) is 1. The second kappa shape index (κ2) is 6.93. The molecule has 2 rings (SSSR count). The van der Waals surface area contributed by atoms with E-state index >= 15 is 0 Å². The number of hydrogen-bond donors (Lipinski definition) is 2. The van der Waals surface area contributed by atoms with Crippen molar-refractivity contribution < 1.29 is 13.9 Å². The zero-order valence-corrected chi connectivity index (χ0v) is 12.6. The number of para-hydroxylation sites is 1. The van der Waals surface area contributed by atoms with Crippen LogP contribution < -0.4 is 15.8 Å². The summed E-state index contributed by atoms with van der Waals surface area (Å²) >= 11 is 0. The Morgan fingerprint density at radius 1 is 1.27 bits per heavy atom. The highest BCUT2D eigenvalue weighted by Crippen LogP contribution is 2.22. The van der Waals surface area contributed by atoms with Crippen molar-refractivity contribution in [3.05, 3.63) is 53.8 Å². The summed E-state index contributed by atoms with van der Waals surface area (Å²) < 4.78 is 19.3.